The van der Waals surface area contributed by atoms with Crippen LogP contribution in [0.1, 0.15) is 0 Å². The smallest absolute Gasteiger partial charge is 0.337 e. The van der Waals surface area contributed by atoms with E-state index in [1.807, 2.05) is 0 Å². The first-order chi connectivity index (χ1) is 8.23. The number of hydrogen-bond acceptors (Lipinski definition) is 5. The van der Waals surface area contributed by atoms with Gasteiger partial charge in [0.15, 0.2) is 15.1 Å². The van der Waals surface area contributed by atoms with Gasteiger partial charge in [-0.15, -0.1) is 0 Å². The van der Waals surface area contributed by atoms with E-state index in [4.69, 9.17) is 21.4 Å². The van der Waals surface area contributed by atoms with Gasteiger partial charge in [-0.3, -0.25) is 0 Å². The highest BCUT2D eigenvalue weighted by Gasteiger charge is 2.38. The van der Waals surface area contributed by atoms with Crippen LogP contribution in [0.25, 0.3) is 0 Å². The van der Waals surface area contributed by atoms with Crippen LogP contribution in [0.15, 0.2) is 28.0 Å². The zero-order valence-corrected chi connectivity index (χ0v) is 11.0. The summed E-state index contributed by atoms with van der Waals surface area (Å²) in [5, 5.41) is 7.11. The fourth-order valence-corrected chi connectivity index (χ4v) is 3.11. The first-order valence-corrected chi connectivity index (χ1v) is 6.90. The topological polar surface area (TPSA) is 97.7 Å². The van der Waals surface area contributed by atoms with Crippen molar-refractivity contribution < 1.29 is 27.9 Å². The first-order valence-electron chi connectivity index (χ1n) is 4.57. The van der Waals surface area contributed by atoms with Crippen LogP contribution in [0, 0.1) is 0 Å². The minimum absolute atomic E-state index is 0.294. The van der Waals surface area contributed by atoms with E-state index < -0.39 is 26.6 Å². The van der Waals surface area contributed by atoms with Crippen molar-refractivity contribution in [3.05, 3.63) is 28.0 Å². The van der Waals surface area contributed by atoms with Gasteiger partial charge in [0, 0.05) is 6.26 Å². The molecule has 0 aromatic rings. The Hall–Kier alpha value is -1.56. The van der Waals surface area contributed by atoms with Gasteiger partial charge in [0.05, 0.1) is 23.3 Å². The number of ether oxygens (including phenoxy) is 1. The van der Waals surface area contributed by atoms with Crippen LogP contribution in [0.5, 0.6) is 0 Å². The summed E-state index contributed by atoms with van der Waals surface area (Å²) in [5.74, 6) is -0.283. The van der Waals surface area contributed by atoms with Crippen molar-refractivity contribution in [1.29, 1.82) is 0 Å². The molecule has 0 spiro atoms. The summed E-state index contributed by atoms with van der Waals surface area (Å²) in [6.07, 6.45) is 1.77. The SMILES string of the molecule is COC1=C(Cl)C(C(=O)O)=CC(=C=O)C1S(C)(=O)=O. The average molecular weight is 293 g/mol. The molecule has 1 N–H and O–H groups in total. The van der Waals surface area contributed by atoms with Crippen molar-refractivity contribution in [2.75, 3.05) is 13.4 Å². The summed E-state index contributed by atoms with van der Waals surface area (Å²) in [5.41, 5.74) is -0.761. The maximum atomic E-state index is 11.6. The van der Waals surface area contributed by atoms with Crippen LogP contribution < -0.4 is 0 Å². The number of methoxy groups -OCH3 is 1. The maximum absolute atomic E-state index is 11.6. The summed E-state index contributed by atoms with van der Waals surface area (Å²) < 4.78 is 28.0. The van der Waals surface area contributed by atoms with E-state index in [2.05, 4.69) is 0 Å². The predicted molar refractivity (Wildman–Crippen MR) is 63.4 cm³/mol. The van der Waals surface area contributed by atoms with Gasteiger partial charge in [0.25, 0.3) is 0 Å². The van der Waals surface area contributed by atoms with Gasteiger partial charge >= 0.3 is 5.97 Å². The Balaban J connectivity index is 3.62. The average Bonchev–Trinajstić information content (AvgIpc) is 2.26. The molecule has 0 aromatic carbocycles. The molecular weight excluding hydrogens is 284 g/mol. The zero-order chi connectivity index (χ0) is 14.1. The lowest BCUT2D eigenvalue weighted by atomic mass is 10.0. The molecule has 98 valence electrons. The number of rotatable bonds is 3. The molecule has 1 aliphatic rings. The zero-order valence-electron chi connectivity index (χ0n) is 9.43. The number of allylic oxidation sites excluding steroid dienone is 1. The quantitative estimate of drug-likeness (QED) is 0.750. The number of carbonyl (C=O) groups is 1. The molecule has 1 aliphatic carbocycles. The van der Waals surface area contributed by atoms with Gasteiger partial charge in [0.1, 0.15) is 11.7 Å². The molecule has 1 unspecified atom stereocenters. The fourth-order valence-electron chi connectivity index (χ4n) is 1.54. The van der Waals surface area contributed by atoms with Gasteiger partial charge in [0.2, 0.25) is 0 Å². The Morgan fingerprint density at radius 3 is 2.44 bits per heavy atom. The molecule has 1 atom stereocenters. The maximum Gasteiger partial charge on any atom is 0.337 e. The Morgan fingerprint density at radius 1 is 1.56 bits per heavy atom. The van der Waals surface area contributed by atoms with Crippen LogP contribution in [-0.4, -0.2) is 44.1 Å². The lowest BCUT2D eigenvalue weighted by Crippen LogP contribution is -2.30. The number of carbonyl (C=O) groups excluding carboxylic acids is 1. The van der Waals surface area contributed by atoms with E-state index in [1.165, 1.54) is 5.94 Å². The van der Waals surface area contributed by atoms with E-state index in [-0.39, 0.29) is 16.4 Å². The van der Waals surface area contributed by atoms with E-state index in [1.54, 1.807) is 0 Å². The van der Waals surface area contributed by atoms with E-state index in [0.29, 0.717) is 0 Å². The van der Waals surface area contributed by atoms with Crippen LogP contribution in [0.4, 0.5) is 0 Å². The van der Waals surface area contributed by atoms with Crippen molar-refractivity contribution in [3.8, 4) is 0 Å². The van der Waals surface area contributed by atoms with Crippen molar-refractivity contribution >= 4 is 33.3 Å². The van der Waals surface area contributed by atoms with Crippen LogP contribution in [0.3, 0.4) is 0 Å². The standard InChI is InChI=1S/C10H9ClO6S/c1-17-8-7(11)6(10(13)14)3-5(4-12)9(8)18(2,15)16/h3,9H,1-2H3,(H,13,14). The second-order valence-corrected chi connectivity index (χ2v) is 6.02. The molecule has 0 saturated carbocycles. The van der Waals surface area contributed by atoms with Crippen molar-refractivity contribution in [3.63, 3.8) is 0 Å². The van der Waals surface area contributed by atoms with Crippen LogP contribution >= 0.6 is 11.6 Å². The third kappa shape index (κ3) is 2.48. The molecule has 0 bridgehead atoms. The Morgan fingerprint density at radius 2 is 2.11 bits per heavy atom. The molecule has 0 heterocycles. The molecule has 8 heteroatoms. The van der Waals surface area contributed by atoms with Crippen molar-refractivity contribution in [1.82, 2.24) is 0 Å². The molecular formula is C10H9ClO6S. The van der Waals surface area contributed by atoms with Gasteiger partial charge in [-0.25, -0.2) is 18.0 Å². The molecule has 0 aliphatic heterocycles. The lowest BCUT2D eigenvalue weighted by molar-refractivity contribution is -0.132. The summed E-state index contributed by atoms with van der Waals surface area (Å²) in [6, 6.07) is 0. The molecule has 6 nitrogen and oxygen atoms in total. The van der Waals surface area contributed by atoms with E-state index in [9.17, 15) is 18.0 Å². The second-order valence-electron chi connectivity index (χ2n) is 3.51. The summed E-state index contributed by atoms with van der Waals surface area (Å²) in [6.45, 7) is 0. The summed E-state index contributed by atoms with van der Waals surface area (Å²) in [4.78, 5) is 21.7. The fraction of sp³-hybridized carbons (Fsp3) is 0.300. The summed E-state index contributed by atoms with van der Waals surface area (Å²) in [7, 11) is -2.59. The second kappa shape index (κ2) is 4.97. The third-order valence-corrected chi connectivity index (χ3v) is 3.98. The molecule has 0 aromatic heterocycles. The number of hydrogen-bond donors (Lipinski definition) is 1. The molecule has 1 rings (SSSR count). The van der Waals surface area contributed by atoms with Gasteiger partial charge in [-0.1, -0.05) is 11.6 Å². The van der Waals surface area contributed by atoms with Gasteiger partial charge in [-0.2, -0.15) is 0 Å². The Bertz CT molecular complexity index is 606. The van der Waals surface area contributed by atoms with Crippen LogP contribution in [-0.2, 0) is 24.2 Å². The third-order valence-electron chi connectivity index (χ3n) is 2.27. The van der Waals surface area contributed by atoms with E-state index in [0.717, 1.165) is 19.4 Å². The van der Waals surface area contributed by atoms with Gasteiger partial charge in [-0.05, 0) is 6.08 Å². The first kappa shape index (κ1) is 14.5. The Labute approximate surface area is 108 Å². The number of halogens is 1. The number of sulfone groups is 1. The molecule has 0 radical (unpaired) electrons. The monoisotopic (exact) mass is 292 g/mol. The van der Waals surface area contributed by atoms with E-state index >= 15 is 0 Å². The number of aliphatic carboxylic acids is 1. The summed E-state index contributed by atoms with van der Waals surface area (Å²) >= 11 is 5.76. The van der Waals surface area contributed by atoms with Crippen molar-refractivity contribution in [2.45, 2.75) is 5.25 Å². The number of carboxylic acid groups (broad SMARTS) is 1. The minimum Gasteiger partial charge on any atom is -0.498 e. The highest BCUT2D eigenvalue weighted by atomic mass is 35.5. The van der Waals surface area contributed by atoms with Gasteiger partial charge < -0.3 is 9.84 Å². The minimum atomic E-state index is -3.73. The normalized spacial score (nSPS) is 20.3. The number of carboxylic acids is 1. The van der Waals surface area contributed by atoms with Crippen molar-refractivity contribution in [2.24, 2.45) is 0 Å². The molecule has 0 amide bonds. The molecule has 0 saturated heterocycles. The van der Waals surface area contributed by atoms with Crippen LogP contribution in [0.2, 0.25) is 0 Å². The molecule has 0 fully saturated rings. The predicted octanol–water partition coefficient (Wildman–Crippen LogP) is 0.279. The lowest BCUT2D eigenvalue weighted by Gasteiger charge is -2.22. The largest absolute Gasteiger partial charge is 0.498 e. The highest BCUT2D eigenvalue weighted by molar-refractivity contribution is 7.91. The molecule has 18 heavy (non-hydrogen) atoms. The highest BCUT2D eigenvalue weighted by Crippen LogP contribution is 2.34. The Kier molecular flexibility index (Phi) is 4.01.